The zero-order chi connectivity index (χ0) is 22.9. The van der Waals surface area contributed by atoms with Crippen LogP contribution in [-0.2, 0) is 14.3 Å². The van der Waals surface area contributed by atoms with Gasteiger partial charge in [-0.25, -0.2) is 0 Å². The van der Waals surface area contributed by atoms with Crippen LogP contribution in [0.2, 0.25) is 5.02 Å². The van der Waals surface area contributed by atoms with Crippen LogP contribution < -0.4 is 10.1 Å². The van der Waals surface area contributed by atoms with Gasteiger partial charge in [-0.2, -0.15) is 0 Å². The summed E-state index contributed by atoms with van der Waals surface area (Å²) >= 11 is 5.93. The van der Waals surface area contributed by atoms with Crippen LogP contribution in [0.5, 0.6) is 5.75 Å². The van der Waals surface area contributed by atoms with Crippen LogP contribution >= 0.6 is 11.6 Å². The second-order valence-corrected chi connectivity index (χ2v) is 7.42. The lowest BCUT2D eigenvalue weighted by Crippen LogP contribution is -2.35. The average Bonchev–Trinajstić information content (AvgIpc) is 2.81. The van der Waals surface area contributed by atoms with Crippen molar-refractivity contribution in [2.24, 2.45) is 0 Å². The molecule has 0 saturated carbocycles. The molecule has 0 aliphatic rings. The van der Waals surface area contributed by atoms with Crippen LogP contribution in [0, 0.1) is 6.92 Å². The fourth-order valence-corrected chi connectivity index (χ4v) is 3.05. The molecule has 164 valence electrons. The molecule has 0 unspecified atom stereocenters. The molecule has 0 aromatic heterocycles. The van der Waals surface area contributed by atoms with Gasteiger partial charge in [-0.1, -0.05) is 72.3 Å². The maximum Gasteiger partial charge on any atom is 0.326 e. The number of aryl methyl sites for hydroxylation is 1. The average molecular weight is 452 g/mol. The summed E-state index contributed by atoms with van der Waals surface area (Å²) in [4.78, 5) is 37.4. The molecule has 3 aromatic rings. The van der Waals surface area contributed by atoms with Crippen molar-refractivity contribution in [1.29, 1.82) is 0 Å². The molecular weight excluding hydrogens is 430 g/mol. The van der Waals surface area contributed by atoms with Crippen molar-refractivity contribution in [1.82, 2.24) is 5.32 Å². The lowest BCUT2D eigenvalue weighted by Gasteiger charge is -2.18. The van der Waals surface area contributed by atoms with Gasteiger partial charge in [0.25, 0.3) is 5.91 Å². The van der Waals surface area contributed by atoms with Crippen LogP contribution in [0.3, 0.4) is 0 Å². The topological polar surface area (TPSA) is 81.7 Å². The summed E-state index contributed by atoms with van der Waals surface area (Å²) in [5.74, 6) is -1.03. The molecule has 0 fully saturated rings. The molecule has 0 radical (unpaired) electrons. The Labute approximate surface area is 191 Å². The molecule has 0 bridgehead atoms. The van der Waals surface area contributed by atoms with Crippen molar-refractivity contribution in [2.45, 2.75) is 13.0 Å². The van der Waals surface area contributed by atoms with Crippen molar-refractivity contribution in [3.05, 3.63) is 101 Å². The van der Waals surface area contributed by atoms with Crippen molar-refractivity contribution >= 4 is 29.3 Å². The molecule has 1 amide bonds. The maximum atomic E-state index is 13.0. The quantitative estimate of drug-likeness (QED) is 0.387. The highest BCUT2D eigenvalue weighted by Crippen LogP contribution is 2.24. The number of hydrogen-bond acceptors (Lipinski definition) is 5. The Bertz CT molecular complexity index is 1080. The SMILES string of the molecule is Cc1ccccc1OCC(=O)NCC(=O)O[C@H](C(=O)c1ccccc1)c1ccc(Cl)cc1. The minimum absolute atomic E-state index is 0.248. The number of carbonyl (C=O) groups excluding carboxylic acids is 3. The lowest BCUT2D eigenvalue weighted by atomic mass is 10.00. The van der Waals surface area contributed by atoms with E-state index < -0.39 is 24.5 Å². The molecule has 0 saturated heterocycles. The van der Waals surface area contributed by atoms with Gasteiger partial charge in [0.2, 0.25) is 5.78 Å². The summed E-state index contributed by atoms with van der Waals surface area (Å²) in [5.41, 5.74) is 1.77. The Kier molecular flexibility index (Phi) is 8.00. The summed E-state index contributed by atoms with van der Waals surface area (Å²) in [6.07, 6.45) is -1.16. The number of ether oxygens (including phenoxy) is 2. The van der Waals surface area contributed by atoms with Gasteiger partial charge in [0.05, 0.1) is 0 Å². The van der Waals surface area contributed by atoms with E-state index in [4.69, 9.17) is 21.1 Å². The Morgan fingerprint density at radius 3 is 2.25 bits per heavy atom. The molecule has 32 heavy (non-hydrogen) atoms. The van der Waals surface area contributed by atoms with E-state index >= 15 is 0 Å². The summed E-state index contributed by atoms with van der Waals surface area (Å²) in [6.45, 7) is 1.22. The van der Waals surface area contributed by atoms with Gasteiger partial charge in [-0.3, -0.25) is 14.4 Å². The molecule has 0 heterocycles. The van der Waals surface area contributed by atoms with E-state index in [1.807, 2.05) is 19.1 Å². The first-order chi connectivity index (χ1) is 15.4. The second kappa shape index (κ2) is 11.1. The zero-order valence-corrected chi connectivity index (χ0v) is 18.2. The molecule has 0 spiro atoms. The van der Waals surface area contributed by atoms with Gasteiger partial charge in [-0.15, -0.1) is 0 Å². The number of esters is 1. The number of amides is 1. The minimum Gasteiger partial charge on any atom is -0.484 e. The predicted octanol–water partition coefficient (Wildman–Crippen LogP) is 4.31. The molecular formula is C25H22ClNO5. The van der Waals surface area contributed by atoms with E-state index in [1.165, 1.54) is 0 Å². The predicted molar refractivity (Wildman–Crippen MR) is 121 cm³/mol. The number of rotatable bonds is 9. The standard InChI is InChI=1S/C25H22ClNO5/c1-17-7-5-6-10-21(17)31-16-22(28)27-15-23(29)32-25(19-11-13-20(26)14-12-19)24(30)18-8-3-2-4-9-18/h2-14,25H,15-16H2,1H3,(H,27,28)/t25-/m0/s1. The first-order valence-electron chi connectivity index (χ1n) is 9.93. The number of para-hydroxylation sites is 1. The van der Waals surface area contributed by atoms with E-state index in [1.54, 1.807) is 66.7 Å². The van der Waals surface area contributed by atoms with Gasteiger partial charge >= 0.3 is 5.97 Å². The number of nitrogens with one attached hydrogen (secondary N) is 1. The van der Waals surface area contributed by atoms with Crippen LogP contribution in [0.1, 0.15) is 27.6 Å². The number of hydrogen-bond donors (Lipinski definition) is 1. The molecule has 0 aliphatic carbocycles. The van der Waals surface area contributed by atoms with Crippen molar-refractivity contribution < 1.29 is 23.9 Å². The second-order valence-electron chi connectivity index (χ2n) is 6.98. The Hall–Kier alpha value is -3.64. The van der Waals surface area contributed by atoms with Crippen molar-refractivity contribution in [2.75, 3.05) is 13.2 Å². The fraction of sp³-hybridized carbons (Fsp3) is 0.160. The summed E-state index contributed by atoms with van der Waals surface area (Å²) in [6, 6.07) is 22.3. The Morgan fingerprint density at radius 2 is 1.56 bits per heavy atom. The minimum atomic E-state index is -1.16. The van der Waals surface area contributed by atoms with E-state index in [0.717, 1.165) is 5.56 Å². The van der Waals surface area contributed by atoms with Crippen LogP contribution in [0.25, 0.3) is 0 Å². The van der Waals surface area contributed by atoms with Crippen molar-refractivity contribution in [3.63, 3.8) is 0 Å². The van der Waals surface area contributed by atoms with Gasteiger partial charge in [0.15, 0.2) is 12.7 Å². The third-order valence-electron chi connectivity index (χ3n) is 4.60. The van der Waals surface area contributed by atoms with E-state index in [9.17, 15) is 14.4 Å². The molecule has 1 N–H and O–H groups in total. The largest absolute Gasteiger partial charge is 0.484 e. The molecule has 1 atom stereocenters. The normalized spacial score (nSPS) is 11.3. The van der Waals surface area contributed by atoms with Crippen LogP contribution in [0.15, 0.2) is 78.9 Å². The zero-order valence-electron chi connectivity index (χ0n) is 17.4. The first kappa shape index (κ1) is 23.0. The van der Waals surface area contributed by atoms with E-state index in [2.05, 4.69) is 5.32 Å². The molecule has 3 rings (SSSR count). The van der Waals surface area contributed by atoms with Gasteiger partial charge < -0.3 is 14.8 Å². The fourth-order valence-electron chi connectivity index (χ4n) is 2.92. The Morgan fingerprint density at radius 1 is 0.906 bits per heavy atom. The number of benzene rings is 3. The van der Waals surface area contributed by atoms with Gasteiger partial charge in [0, 0.05) is 16.1 Å². The van der Waals surface area contributed by atoms with Gasteiger partial charge in [-0.05, 0) is 30.7 Å². The Balaban J connectivity index is 1.61. The lowest BCUT2D eigenvalue weighted by molar-refractivity contribution is -0.147. The highest BCUT2D eigenvalue weighted by molar-refractivity contribution is 6.30. The first-order valence-corrected chi connectivity index (χ1v) is 10.3. The number of carbonyl (C=O) groups is 3. The summed E-state index contributed by atoms with van der Waals surface area (Å²) in [7, 11) is 0. The van der Waals surface area contributed by atoms with E-state index in [-0.39, 0.29) is 12.4 Å². The number of ketones is 1. The van der Waals surface area contributed by atoms with E-state index in [0.29, 0.717) is 21.9 Å². The molecule has 6 nitrogen and oxygen atoms in total. The highest BCUT2D eigenvalue weighted by Gasteiger charge is 2.26. The molecule has 0 aliphatic heterocycles. The molecule has 3 aromatic carbocycles. The smallest absolute Gasteiger partial charge is 0.326 e. The third kappa shape index (κ3) is 6.43. The number of Topliss-reactive ketones (excluding diaryl/α,β-unsaturated/α-hetero) is 1. The van der Waals surface area contributed by atoms with Crippen LogP contribution in [0.4, 0.5) is 0 Å². The number of halogens is 1. The molecule has 7 heteroatoms. The summed E-state index contributed by atoms with van der Waals surface area (Å²) in [5, 5.41) is 2.94. The third-order valence-corrected chi connectivity index (χ3v) is 4.85. The van der Waals surface area contributed by atoms with Gasteiger partial charge in [0.1, 0.15) is 12.3 Å². The monoisotopic (exact) mass is 451 g/mol. The van der Waals surface area contributed by atoms with Crippen LogP contribution in [-0.4, -0.2) is 30.8 Å². The summed E-state index contributed by atoms with van der Waals surface area (Å²) < 4.78 is 10.9. The van der Waals surface area contributed by atoms with Crippen molar-refractivity contribution in [3.8, 4) is 5.75 Å². The maximum absolute atomic E-state index is 13.0. The highest BCUT2D eigenvalue weighted by atomic mass is 35.5.